The molecule has 4 aromatic rings. The van der Waals surface area contributed by atoms with E-state index in [0.717, 1.165) is 41.2 Å². The van der Waals surface area contributed by atoms with Gasteiger partial charge >= 0.3 is 0 Å². The van der Waals surface area contributed by atoms with Crippen LogP contribution in [0.1, 0.15) is 78.9 Å². The summed E-state index contributed by atoms with van der Waals surface area (Å²) >= 11 is 12.4. The van der Waals surface area contributed by atoms with Crippen LogP contribution in [0.4, 0.5) is 0 Å². The second-order valence-electron chi connectivity index (χ2n) is 9.97. The fourth-order valence-electron chi connectivity index (χ4n) is 5.57. The summed E-state index contributed by atoms with van der Waals surface area (Å²) in [6.45, 7) is 0. The molecule has 0 bridgehead atoms. The van der Waals surface area contributed by atoms with Crippen molar-refractivity contribution in [2.24, 2.45) is 5.73 Å². The summed E-state index contributed by atoms with van der Waals surface area (Å²) in [5, 5.41) is 1.49. The quantitative estimate of drug-likeness (QED) is 0.290. The van der Waals surface area contributed by atoms with Gasteiger partial charge in [-0.25, -0.2) is 4.98 Å². The first-order chi connectivity index (χ1) is 16.6. The highest BCUT2D eigenvalue weighted by Crippen LogP contribution is 2.44. The number of fused-ring (bicyclic) bond motifs is 1. The van der Waals surface area contributed by atoms with E-state index >= 15 is 0 Å². The molecule has 2 aliphatic rings. The number of rotatable bonds is 5. The number of hydrogen-bond acceptors (Lipinski definition) is 2. The van der Waals surface area contributed by atoms with E-state index in [-0.39, 0.29) is 5.92 Å². The molecule has 2 fully saturated rings. The molecule has 2 aliphatic carbocycles. The summed E-state index contributed by atoms with van der Waals surface area (Å²) in [5.41, 5.74) is 12.3. The first-order valence-electron chi connectivity index (χ1n) is 12.3. The normalized spacial score (nSPS) is 20.8. The molecule has 0 aliphatic heterocycles. The molecule has 0 atom stereocenters. The van der Waals surface area contributed by atoms with E-state index < -0.39 is 0 Å². The van der Waals surface area contributed by atoms with Gasteiger partial charge in [0.15, 0.2) is 0 Å². The molecule has 2 N–H and O–H groups in total. The van der Waals surface area contributed by atoms with Gasteiger partial charge in [-0.15, -0.1) is 0 Å². The van der Waals surface area contributed by atoms with E-state index in [4.69, 9.17) is 33.9 Å². The molecule has 0 amide bonds. The van der Waals surface area contributed by atoms with Gasteiger partial charge in [-0.3, -0.25) is 0 Å². The van der Waals surface area contributed by atoms with Crippen molar-refractivity contribution < 1.29 is 0 Å². The molecule has 6 rings (SSSR count). The third-order valence-corrected chi connectivity index (χ3v) is 8.03. The van der Waals surface area contributed by atoms with E-state index in [2.05, 4.69) is 47.0 Å². The Balaban J connectivity index is 1.49. The van der Waals surface area contributed by atoms with Crippen LogP contribution in [0.3, 0.4) is 0 Å². The molecule has 1 heterocycles. The molecule has 5 heteroatoms. The largest absolute Gasteiger partial charge is 0.328 e. The third kappa shape index (κ3) is 4.26. The minimum atomic E-state index is 0.0893. The lowest BCUT2D eigenvalue weighted by atomic mass is 9.85. The second kappa shape index (κ2) is 9.03. The van der Waals surface area contributed by atoms with Crippen molar-refractivity contribution in [2.45, 2.75) is 62.4 Å². The van der Waals surface area contributed by atoms with E-state index in [1.165, 1.54) is 40.9 Å². The zero-order valence-electron chi connectivity index (χ0n) is 19.1. The Hall–Kier alpha value is -2.33. The van der Waals surface area contributed by atoms with Crippen molar-refractivity contribution in [1.29, 1.82) is 0 Å². The van der Waals surface area contributed by atoms with Crippen molar-refractivity contribution in [3.63, 3.8) is 0 Å². The number of imidazole rings is 1. The van der Waals surface area contributed by atoms with Gasteiger partial charge in [-0.05, 0) is 91.6 Å². The minimum Gasteiger partial charge on any atom is -0.328 e. The molecular formula is C29H29Cl2N3. The van der Waals surface area contributed by atoms with Crippen LogP contribution in [0, 0.1) is 0 Å². The second-order valence-corrected chi connectivity index (χ2v) is 10.8. The van der Waals surface area contributed by atoms with Gasteiger partial charge in [-0.1, -0.05) is 53.5 Å². The smallest absolute Gasteiger partial charge is 0.113 e. The van der Waals surface area contributed by atoms with Crippen LogP contribution in [-0.2, 0) is 0 Å². The molecule has 174 valence electrons. The van der Waals surface area contributed by atoms with Gasteiger partial charge in [0, 0.05) is 34.0 Å². The third-order valence-electron chi connectivity index (χ3n) is 7.53. The fraction of sp³-hybridized carbons (Fsp3) is 0.345. The molecule has 0 radical (unpaired) electrons. The van der Waals surface area contributed by atoms with Crippen molar-refractivity contribution in [1.82, 2.24) is 9.55 Å². The highest BCUT2D eigenvalue weighted by molar-refractivity contribution is 6.30. The monoisotopic (exact) mass is 489 g/mol. The Morgan fingerprint density at radius 2 is 1.29 bits per heavy atom. The molecular weight excluding hydrogens is 461 g/mol. The van der Waals surface area contributed by atoms with Gasteiger partial charge in [0.25, 0.3) is 0 Å². The lowest BCUT2D eigenvalue weighted by Crippen LogP contribution is -2.28. The topological polar surface area (TPSA) is 43.8 Å². The van der Waals surface area contributed by atoms with Crippen LogP contribution in [0.5, 0.6) is 0 Å². The fourth-order valence-corrected chi connectivity index (χ4v) is 5.82. The van der Waals surface area contributed by atoms with Gasteiger partial charge in [0.05, 0.1) is 11.0 Å². The summed E-state index contributed by atoms with van der Waals surface area (Å²) in [5.74, 6) is 1.98. The van der Waals surface area contributed by atoms with Crippen molar-refractivity contribution in [3.05, 3.63) is 99.3 Å². The van der Waals surface area contributed by atoms with Crippen LogP contribution < -0.4 is 5.73 Å². The summed E-state index contributed by atoms with van der Waals surface area (Å²) in [6, 6.07) is 24.0. The lowest BCUT2D eigenvalue weighted by Gasteiger charge is -2.29. The van der Waals surface area contributed by atoms with Crippen molar-refractivity contribution in [2.75, 3.05) is 0 Å². The van der Waals surface area contributed by atoms with Crippen molar-refractivity contribution >= 4 is 34.2 Å². The summed E-state index contributed by atoms with van der Waals surface area (Å²) < 4.78 is 2.57. The molecule has 3 nitrogen and oxygen atoms in total. The van der Waals surface area contributed by atoms with Gasteiger partial charge in [0.1, 0.15) is 5.82 Å². The average molecular weight is 490 g/mol. The van der Waals surface area contributed by atoms with Crippen LogP contribution in [0.25, 0.3) is 11.0 Å². The Labute approximate surface area is 210 Å². The predicted molar refractivity (Wildman–Crippen MR) is 141 cm³/mol. The minimum absolute atomic E-state index is 0.0893. The maximum absolute atomic E-state index is 6.24. The van der Waals surface area contributed by atoms with E-state index in [1.807, 2.05) is 24.3 Å². The number of benzene rings is 3. The maximum atomic E-state index is 6.24. The Bertz CT molecular complexity index is 1250. The van der Waals surface area contributed by atoms with E-state index in [1.54, 1.807) is 0 Å². The number of nitrogens with zero attached hydrogens (tertiary/aromatic N) is 2. The standard InChI is InChI=1S/C29H29Cl2N3/c30-22-8-3-18(4-9-22)28(19-5-10-23(31)11-6-19)21-7-16-26-27(17-21)34(29(33-26)20-1-2-20)25-14-12-24(32)13-15-25/h3-11,16-17,20,24-25,28H,1-2,12-15,32H2. The molecule has 1 aromatic heterocycles. The summed E-state index contributed by atoms with van der Waals surface area (Å²) in [7, 11) is 0. The number of aromatic nitrogens is 2. The average Bonchev–Trinajstić information content (AvgIpc) is 3.63. The molecule has 2 saturated carbocycles. The molecule has 3 aromatic carbocycles. The zero-order valence-corrected chi connectivity index (χ0v) is 20.6. The van der Waals surface area contributed by atoms with Crippen molar-refractivity contribution in [3.8, 4) is 0 Å². The summed E-state index contributed by atoms with van der Waals surface area (Å²) in [4.78, 5) is 5.13. The highest BCUT2D eigenvalue weighted by Gasteiger charge is 2.33. The van der Waals surface area contributed by atoms with Gasteiger partial charge in [-0.2, -0.15) is 0 Å². The van der Waals surface area contributed by atoms with Gasteiger partial charge < -0.3 is 10.3 Å². The maximum Gasteiger partial charge on any atom is 0.113 e. The Morgan fingerprint density at radius 3 is 1.85 bits per heavy atom. The Morgan fingerprint density at radius 1 is 0.735 bits per heavy atom. The number of halogens is 2. The molecule has 0 saturated heterocycles. The van der Waals surface area contributed by atoms with E-state index in [0.29, 0.717) is 18.0 Å². The van der Waals surface area contributed by atoms with Crippen LogP contribution in [0.15, 0.2) is 66.7 Å². The molecule has 0 spiro atoms. The summed E-state index contributed by atoms with van der Waals surface area (Å²) in [6.07, 6.45) is 6.95. The number of nitrogens with two attached hydrogens (primary N) is 1. The van der Waals surface area contributed by atoms with Crippen LogP contribution in [-0.4, -0.2) is 15.6 Å². The van der Waals surface area contributed by atoms with Crippen LogP contribution >= 0.6 is 23.2 Å². The van der Waals surface area contributed by atoms with Gasteiger partial charge in [0.2, 0.25) is 0 Å². The highest BCUT2D eigenvalue weighted by atomic mass is 35.5. The number of hydrogen-bond donors (Lipinski definition) is 1. The Kier molecular flexibility index (Phi) is 5.89. The predicted octanol–water partition coefficient (Wildman–Crippen LogP) is 7.84. The zero-order chi connectivity index (χ0) is 23.2. The van der Waals surface area contributed by atoms with E-state index in [9.17, 15) is 0 Å². The van der Waals surface area contributed by atoms with Crippen LogP contribution in [0.2, 0.25) is 10.0 Å². The first-order valence-corrected chi connectivity index (χ1v) is 13.1. The first kappa shape index (κ1) is 22.2. The molecule has 0 unspecified atom stereocenters. The SMILES string of the molecule is NC1CCC(n2c(C3CC3)nc3ccc(C(c4ccc(Cl)cc4)c4ccc(Cl)cc4)cc32)CC1. The lowest BCUT2D eigenvalue weighted by molar-refractivity contribution is 0.323. The molecule has 34 heavy (non-hydrogen) atoms.